The SMILES string of the molecule is CC(=O)N1CCC(Nc2cccc3c2CN(C(=O)c2c(O)cc(O)cc2OCc2ccccc2)C3)C1. The van der Waals surface area contributed by atoms with Crippen LogP contribution in [0.4, 0.5) is 5.69 Å². The number of nitrogens with one attached hydrogen (secondary N) is 1. The Morgan fingerprint density at radius 1 is 1.03 bits per heavy atom. The van der Waals surface area contributed by atoms with Crippen molar-refractivity contribution in [3.05, 3.63) is 82.9 Å². The smallest absolute Gasteiger partial charge is 0.262 e. The van der Waals surface area contributed by atoms with Gasteiger partial charge in [0.15, 0.2) is 0 Å². The number of carbonyl (C=O) groups excluding carboxylic acids is 2. The van der Waals surface area contributed by atoms with Crippen LogP contribution in [0, 0.1) is 0 Å². The van der Waals surface area contributed by atoms with Crippen LogP contribution < -0.4 is 10.1 Å². The summed E-state index contributed by atoms with van der Waals surface area (Å²) in [6, 6.07) is 18.1. The van der Waals surface area contributed by atoms with Crippen molar-refractivity contribution in [3.8, 4) is 17.2 Å². The highest BCUT2D eigenvalue weighted by Crippen LogP contribution is 2.37. The molecule has 2 aliphatic rings. The normalized spacial score (nSPS) is 16.6. The number of amides is 2. The number of hydrogen-bond acceptors (Lipinski definition) is 6. The average Bonchev–Trinajstić information content (AvgIpc) is 3.51. The zero-order valence-corrected chi connectivity index (χ0v) is 20.1. The van der Waals surface area contributed by atoms with Gasteiger partial charge in [0.1, 0.15) is 29.4 Å². The van der Waals surface area contributed by atoms with E-state index in [1.807, 2.05) is 53.4 Å². The van der Waals surface area contributed by atoms with Gasteiger partial charge in [0.2, 0.25) is 5.91 Å². The third kappa shape index (κ3) is 4.79. The second-order valence-electron chi connectivity index (χ2n) is 9.31. The quantitative estimate of drug-likeness (QED) is 0.488. The Kier molecular flexibility index (Phi) is 6.41. The zero-order chi connectivity index (χ0) is 25.2. The van der Waals surface area contributed by atoms with E-state index in [1.54, 1.807) is 11.8 Å². The van der Waals surface area contributed by atoms with Crippen molar-refractivity contribution in [1.29, 1.82) is 0 Å². The van der Waals surface area contributed by atoms with Gasteiger partial charge < -0.3 is 30.1 Å². The van der Waals surface area contributed by atoms with Crippen LogP contribution in [0.5, 0.6) is 17.2 Å². The standard InChI is InChI=1S/C28H29N3O5/c1-18(32)30-11-10-21(15-30)29-24-9-5-8-20-14-31(16-23(20)24)28(35)27-25(34)12-22(33)13-26(27)36-17-19-6-3-2-4-7-19/h2-9,12-13,21,29,33-34H,10-11,14-17H2,1H3. The molecule has 0 spiro atoms. The molecule has 0 aliphatic carbocycles. The Morgan fingerprint density at radius 3 is 2.58 bits per heavy atom. The molecule has 186 valence electrons. The van der Waals surface area contributed by atoms with Gasteiger partial charge in [0, 0.05) is 57.0 Å². The number of fused-ring (bicyclic) bond motifs is 1. The maximum Gasteiger partial charge on any atom is 0.262 e. The second kappa shape index (κ2) is 9.81. The largest absolute Gasteiger partial charge is 0.508 e. The van der Waals surface area contributed by atoms with Crippen molar-refractivity contribution in [2.24, 2.45) is 0 Å². The Morgan fingerprint density at radius 2 is 1.83 bits per heavy atom. The van der Waals surface area contributed by atoms with Crippen LogP contribution in [-0.2, 0) is 24.5 Å². The van der Waals surface area contributed by atoms with Gasteiger partial charge in [-0.3, -0.25) is 9.59 Å². The number of benzene rings is 3. The maximum atomic E-state index is 13.6. The summed E-state index contributed by atoms with van der Waals surface area (Å²) in [5.41, 5.74) is 3.93. The number of phenols is 2. The first-order chi connectivity index (χ1) is 17.4. The topological polar surface area (TPSA) is 102 Å². The van der Waals surface area contributed by atoms with Gasteiger partial charge in [-0.2, -0.15) is 0 Å². The van der Waals surface area contributed by atoms with Crippen LogP contribution in [-0.4, -0.2) is 51.0 Å². The molecular formula is C28H29N3O5. The molecule has 0 bridgehead atoms. The van der Waals surface area contributed by atoms with Gasteiger partial charge >= 0.3 is 0 Å². The number of phenolic OH excluding ortho intramolecular Hbond substituents is 2. The molecule has 2 aliphatic heterocycles. The van der Waals surface area contributed by atoms with Crippen LogP contribution in [0.25, 0.3) is 0 Å². The van der Waals surface area contributed by atoms with E-state index in [9.17, 15) is 19.8 Å². The van der Waals surface area contributed by atoms with Gasteiger partial charge in [-0.05, 0) is 29.2 Å². The highest BCUT2D eigenvalue weighted by atomic mass is 16.5. The number of nitrogens with zero attached hydrogens (tertiary/aromatic N) is 2. The van der Waals surface area contributed by atoms with Crippen LogP contribution in [0.2, 0.25) is 0 Å². The van der Waals surface area contributed by atoms with Crippen molar-refractivity contribution in [1.82, 2.24) is 9.80 Å². The van der Waals surface area contributed by atoms with Crippen LogP contribution in [0.3, 0.4) is 0 Å². The summed E-state index contributed by atoms with van der Waals surface area (Å²) >= 11 is 0. The van der Waals surface area contributed by atoms with E-state index in [4.69, 9.17) is 4.74 Å². The highest BCUT2D eigenvalue weighted by Gasteiger charge is 2.31. The van der Waals surface area contributed by atoms with Gasteiger partial charge in [-0.25, -0.2) is 0 Å². The molecule has 8 heteroatoms. The van der Waals surface area contributed by atoms with Crippen molar-refractivity contribution >= 4 is 17.5 Å². The Labute approximate surface area is 209 Å². The number of hydrogen-bond donors (Lipinski definition) is 3. The van der Waals surface area contributed by atoms with E-state index in [1.165, 1.54) is 6.07 Å². The molecule has 3 N–H and O–H groups in total. The lowest BCUT2D eigenvalue weighted by Crippen LogP contribution is -2.30. The summed E-state index contributed by atoms with van der Waals surface area (Å²) in [7, 11) is 0. The van der Waals surface area contributed by atoms with E-state index >= 15 is 0 Å². The first-order valence-electron chi connectivity index (χ1n) is 12.0. The summed E-state index contributed by atoms with van der Waals surface area (Å²) < 4.78 is 5.87. The molecule has 5 rings (SSSR count). The van der Waals surface area contributed by atoms with Crippen molar-refractivity contribution in [2.45, 2.75) is 39.1 Å². The van der Waals surface area contributed by atoms with E-state index in [2.05, 4.69) is 5.32 Å². The number of ether oxygens (including phenoxy) is 1. The number of carbonyl (C=O) groups is 2. The van der Waals surface area contributed by atoms with Gasteiger partial charge in [0.25, 0.3) is 5.91 Å². The molecule has 2 heterocycles. The first-order valence-corrected chi connectivity index (χ1v) is 12.0. The lowest BCUT2D eigenvalue weighted by Gasteiger charge is -2.20. The van der Waals surface area contributed by atoms with E-state index < -0.39 is 0 Å². The van der Waals surface area contributed by atoms with Crippen LogP contribution in [0.1, 0.15) is 40.4 Å². The van der Waals surface area contributed by atoms with Crippen molar-refractivity contribution < 1.29 is 24.5 Å². The minimum atomic E-state index is -0.374. The summed E-state index contributed by atoms with van der Waals surface area (Å²) in [4.78, 5) is 28.8. The highest BCUT2D eigenvalue weighted by molar-refractivity contribution is 6.00. The molecule has 3 aromatic carbocycles. The summed E-state index contributed by atoms with van der Waals surface area (Å²) in [6.45, 7) is 3.94. The molecule has 1 unspecified atom stereocenters. The molecular weight excluding hydrogens is 458 g/mol. The average molecular weight is 488 g/mol. The maximum absolute atomic E-state index is 13.6. The number of likely N-dealkylation sites (tertiary alicyclic amines) is 1. The monoisotopic (exact) mass is 487 g/mol. The molecule has 36 heavy (non-hydrogen) atoms. The van der Waals surface area contributed by atoms with Gasteiger partial charge in [-0.1, -0.05) is 42.5 Å². The van der Waals surface area contributed by atoms with Crippen LogP contribution in [0.15, 0.2) is 60.7 Å². The molecule has 1 atom stereocenters. The van der Waals surface area contributed by atoms with Crippen molar-refractivity contribution in [2.75, 3.05) is 18.4 Å². The molecule has 1 fully saturated rings. The van der Waals surface area contributed by atoms with Crippen LogP contribution >= 0.6 is 0 Å². The first kappa shape index (κ1) is 23.5. The Bertz CT molecular complexity index is 1290. The molecule has 0 aromatic heterocycles. The summed E-state index contributed by atoms with van der Waals surface area (Å²) in [5, 5.41) is 24.2. The second-order valence-corrected chi connectivity index (χ2v) is 9.31. The Balaban J connectivity index is 1.34. The fraction of sp³-hybridized carbons (Fsp3) is 0.286. The zero-order valence-electron chi connectivity index (χ0n) is 20.1. The minimum Gasteiger partial charge on any atom is -0.508 e. The molecule has 2 amide bonds. The predicted molar refractivity (Wildman–Crippen MR) is 135 cm³/mol. The lowest BCUT2D eigenvalue weighted by atomic mass is 10.1. The fourth-order valence-electron chi connectivity index (χ4n) is 4.89. The summed E-state index contributed by atoms with van der Waals surface area (Å²) in [5.74, 6) is -0.673. The summed E-state index contributed by atoms with van der Waals surface area (Å²) in [6.07, 6.45) is 0.870. The third-order valence-electron chi connectivity index (χ3n) is 6.78. The molecule has 1 saturated heterocycles. The van der Waals surface area contributed by atoms with E-state index in [0.29, 0.717) is 19.6 Å². The van der Waals surface area contributed by atoms with Crippen molar-refractivity contribution in [3.63, 3.8) is 0 Å². The molecule has 0 saturated carbocycles. The fourth-order valence-corrected chi connectivity index (χ4v) is 4.89. The molecule has 0 radical (unpaired) electrons. The Hall–Kier alpha value is -4.20. The van der Waals surface area contributed by atoms with Gasteiger partial charge in [0.05, 0.1) is 0 Å². The number of anilines is 1. The number of rotatable bonds is 6. The number of aromatic hydroxyl groups is 2. The third-order valence-corrected chi connectivity index (χ3v) is 6.78. The predicted octanol–water partition coefficient (Wildman–Crippen LogP) is 3.87. The van der Waals surface area contributed by atoms with E-state index in [-0.39, 0.29) is 47.3 Å². The molecule has 3 aromatic rings. The molecule has 8 nitrogen and oxygen atoms in total. The van der Waals surface area contributed by atoms with E-state index in [0.717, 1.165) is 41.4 Å². The minimum absolute atomic E-state index is 0.0268. The lowest BCUT2D eigenvalue weighted by molar-refractivity contribution is -0.127. The van der Waals surface area contributed by atoms with Gasteiger partial charge in [-0.15, -0.1) is 0 Å².